The molecule has 0 spiro atoms. The Morgan fingerprint density at radius 1 is 1.00 bits per heavy atom. The van der Waals surface area contributed by atoms with Crippen LogP contribution in [0.3, 0.4) is 0 Å². The van der Waals surface area contributed by atoms with Crippen LogP contribution in [0.15, 0.2) is 42.5 Å². The summed E-state index contributed by atoms with van der Waals surface area (Å²) in [6, 6.07) is 11.4. The van der Waals surface area contributed by atoms with E-state index in [1.807, 2.05) is 18.2 Å². The average molecular weight is 372 g/mol. The van der Waals surface area contributed by atoms with Gasteiger partial charge in [-0.15, -0.1) is 0 Å². The SMILES string of the molecule is COc1ccc(CNC(=O)NCc2ccc(F)cc2)cc1OC1CCCC1. The molecule has 27 heavy (non-hydrogen) atoms. The van der Waals surface area contributed by atoms with E-state index in [2.05, 4.69) is 10.6 Å². The third-order valence-electron chi connectivity index (χ3n) is 4.64. The normalized spacial score (nSPS) is 14.0. The number of benzene rings is 2. The van der Waals surface area contributed by atoms with Crippen LogP contribution in [0.2, 0.25) is 0 Å². The molecule has 0 radical (unpaired) electrons. The van der Waals surface area contributed by atoms with Crippen molar-refractivity contribution in [1.29, 1.82) is 0 Å². The number of amides is 2. The largest absolute Gasteiger partial charge is 0.493 e. The molecule has 2 aromatic rings. The summed E-state index contributed by atoms with van der Waals surface area (Å²) in [5.74, 6) is 1.13. The summed E-state index contributed by atoms with van der Waals surface area (Å²) in [7, 11) is 1.62. The van der Waals surface area contributed by atoms with Crippen LogP contribution < -0.4 is 20.1 Å². The molecule has 144 valence electrons. The van der Waals surface area contributed by atoms with Crippen LogP contribution in [-0.2, 0) is 13.1 Å². The molecule has 2 amide bonds. The first-order valence-electron chi connectivity index (χ1n) is 9.24. The van der Waals surface area contributed by atoms with Crippen LogP contribution in [0, 0.1) is 5.82 Å². The Balaban J connectivity index is 1.51. The Labute approximate surface area is 158 Å². The molecule has 0 atom stereocenters. The monoisotopic (exact) mass is 372 g/mol. The molecular formula is C21H25FN2O3. The Bertz CT molecular complexity index is 759. The Kier molecular flexibility index (Phi) is 6.52. The van der Waals surface area contributed by atoms with Gasteiger partial charge in [0.15, 0.2) is 11.5 Å². The van der Waals surface area contributed by atoms with E-state index < -0.39 is 0 Å². The zero-order chi connectivity index (χ0) is 19.1. The molecule has 0 saturated heterocycles. The summed E-state index contributed by atoms with van der Waals surface area (Å²) in [4.78, 5) is 12.0. The molecule has 1 fully saturated rings. The van der Waals surface area contributed by atoms with E-state index in [-0.39, 0.29) is 18.0 Å². The van der Waals surface area contributed by atoms with Crippen LogP contribution in [-0.4, -0.2) is 19.2 Å². The lowest BCUT2D eigenvalue weighted by atomic mass is 10.2. The van der Waals surface area contributed by atoms with Crippen molar-refractivity contribution in [1.82, 2.24) is 10.6 Å². The van der Waals surface area contributed by atoms with Gasteiger partial charge in [-0.25, -0.2) is 9.18 Å². The molecule has 1 aliphatic rings. The number of urea groups is 1. The Morgan fingerprint density at radius 2 is 1.63 bits per heavy atom. The molecule has 0 heterocycles. The van der Waals surface area contributed by atoms with Crippen molar-refractivity contribution in [2.45, 2.75) is 44.9 Å². The maximum absolute atomic E-state index is 12.9. The summed E-state index contributed by atoms with van der Waals surface area (Å²) < 4.78 is 24.3. The van der Waals surface area contributed by atoms with E-state index in [9.17, 15) is 9.18 Å². The van der Waals surface area contributed by atoms with E-state index in [1.54, 1.807) is 19.2 Å². The topological polar surface area (TPSA) is 59.6 Å². The van der Waals surface area contributed by atoms with E-state index in [4.69, 9.17) is 9.47 Å². The third kappa shape index (κ3) is 5.61. The highest BCUT2D eigenvalue weighted by Gasteiger charge is 2.18. The molecule has 5 nitrogen and oxygen atoms in total. The predicted octanol–water partition coefficient (Wildman–Crippen LogP) is 4.16. The van der Waals surface area contributed by atoms with Crippen LogP contribution in [0.1, 0.15) is 36.8 Å². The highest BCUT2D eigenvalue weighted by molar-refractivity contribution is 5.73. The summed E-state index contributed by atoms with van der Waals surface area (Å²) >= 11 is 0. The molecule has 1 aliphatic carbocycles. The second kappa shape index (κ2) is 9.26. The van der Waals surface area contributed by atoms with Gasteiger partial charge in [-0.05, 0) is 61.1 Å². The molecule has 1 saturated carbocycles. The molecule has 2 aromatic carbocycles. The predicted molar refractivity (Wildman–Crippen MR) is 101 cm³/mol. The number of halogens is 1. The first kappa shape index (κ1) is 19.0. The second-order valence-electron chi connectivity index (χ2n) is 6.67. The van der Waals surface area contributed by atoms with E-state index in [0.717, 1.165) is 29.7 Å². The quantitative estimate of drug-likeness (QED) is 0.767. The maximum atomic E-state index is 12.9. The molecule has 6 heteroatoms. The lowest BCUT2D eigenvalue weighted by Gasteiger charge is -2.17. The summed E-state index contributed by atoms with van der Waals surface area (Å²) in [5, 5.41) is 5.57. The van der Waals surface area contributed by atoms with Gasteiger partial charge in [-0.1, -0.05) is 18.2 Å². The summed E-state index contributed by atoms with van der Waals surface area (Å²) in [6.45, 7) is 0.713. The molecule has 3 rings (SSSR count). The van der Waals surface area contributed by atoms with Gasteiger partial charge in [-0.2, -0.15) is 0 Å². The van der Waals surface area contributed by atoms with E-state index in [0.29, 0.717) is 18.8 Å². The molecule has 0 aromatic heterocycles. The molecule has 2 N–H and O–H groups in total. The van der Waals surface area contributed by atoms with Gasteiger partial charge in [-0.3, -0.25) is 0 Å². The number of carbonyl (C=O) groups excluding carboxylic acids is 1. The van der Waals surface area contributed by atoms with Crippen molar-refractivity contribution in [2.24, 2.45) is 0 Å². The number of hydrogen-bond donors (Lipinski definition) is 2. The smallest absolute Gasteiger partial charge is 0.315 e. The second-order valence-corrected chi connectivity index (χ2v) is 6.67. The Hall–Kier alpha value is -2.76. The van der Waals surface area contributed by atoms with E-state index >= 15 is 0 Å². The molecule has 0 bridgehead atoms. The number of ether oxygens (including phenoxy) is 2. The van der Waals surface area contributed by atoms with E-state index in [1.165, 1.54) is 25.0 Å². The highest BCUT2D eigenvalue weighted by atomic mass is 19.1. The van der Waals surface area contributed by atoms with Crippen molar-refractivity contribution < 1.29 is 18.7 Å². The molecule has 0 aliphatic heterocycles. The number of hydrogen-bond acceptors (Lipinski definition) is 3. The van der Waals surface area contributed by atoms with Gasteiger partial charge in [0, 0.05) is 13.1 Å². The molecular weight excluding hydrogens is 347 g/mol. The first-order valence-corrected chi connectivity index (χ1v) is 9.24. The third-order valence-corrected chi connectivity index (χ3v) is 4.64. The van der Waals surface area contributed by atoms with Crippen LogP contribution in [0.5, 0.6) is 11.5 Å². The fourth-order valence-corrected chi connectivity index (χ4v) is 3.14. The first-order chi connectivity index (χ1) is 13.1. The number of carbonyl (C=O) groups is 1. The molecule has 0 unspecified atom stereocenters. The summed E-state index contributed by atoms with van der Waals surface area (Å²) in [6.07, 6.45) is 4.76. The average Bonchev–Trinajstić information content (AvgIpc) is 3.19. The fourth-order valence-electron chi connectivity index (χ4n) is 3.14. The van der Waals surface area contributed by atoms with Crippen molar-refractivity contribution in [3.8, 4) is 11.5 Å². The van der Waals surface area contributed by atoms with Gasteiger partial charge in [0.05, 0.1) is 13.2 Å². The van der Waals surface area contributed by atoms with Crippen molar-refractivity contribution in [3.63, 3.8) is 0 Å². The Morgan fingerprint density at radius 3 is 2.30 bits per heavy atom. The van der Waals surface area contributed by atoms with Crippen LogP contribution in [0.4, 0.5) is 9.18 Å². The summed E-state index contributed by atoms with van der Waals surface area (Å²) in [5.41, 5.74) is 1.77. The van der Waals surface area contributed by atoms with Gasteiger partial charge < -0.3 is 20.1 Å². The number of rotatable bonds is 7. The van der Waals surface area contributed by atoms with Crippen molar-refractivity contribution in [3.05, 3.63) is 59.4 Å². The van der Waals surface area contributed by atoms with Crippen molar-refractivity contribution in [2.75, 3.05) is 7.11 Å². The van der Waals surface area contributed by atoms with Crippen LogP contribution >= 0.6 is 0 Å². The number of methoxy groups -OCH3 is 1. The highest BCUT2D eigenvalue weighted by Crippen LogP contribution is 2.32. The zero-order valence-electron chi connectivity index (χ0n) is 15.5. The lowest BCUT2D eigenvalue weighted by Crippen LogP contribution is -2.34. The van der Waals surface area contributed by atoms with Gasteiger partial charge in [0.1, 0.15) is 5.82 Å². The lowest BCUT2D eigenvalue weighted by molar-refractivity contribution is 0.200. The van der Waals surface area contributed by atoms with Crippen molar-refractivity contribution >= 4 is 6.03 Å². The van der Waals surface area contributed by atoms with Gasteiger partial charge in [0.2, 0.25) is 0 Å². The fraction of sp³-hybridized carbons (Fsp3) is 0.381. The number of nitrogens with one attached hydrogen (secondary N) is 2. The minimum absolute atomic E-state index is 0.237. The minimum Gasteiger partial charge on any atom is -0.493 e. The maximum Gasteiger partial charge on any atom is 0.315 e. The van der Waals surface area contributed by atoms with Gasteiger partial charge >= 0.3 is 6.03 Å². The minimum atomic E-state index is -0.293. The zero-order valence-corrected chi connectivity index (χ0v) is 15.5. The van der Waals surface area contributed by atoms with Gasteiger partial charge in [0.25, 0.3) is 0 Å². The standard InChI is InChI=1S/C21H25FN2O3/c1-26-19-11-8-16(12-20(19)27-18-4-2-3-5-18)14-24-21(25)23-13-15-6-9-17(22)10-7-15/h6-12,18H,2-5,13-14H2,1H3,(H2,23,24,25). The van der Waals surface area contributed by atoms with Crippen LogP contribution in [0.25, 0.3) is 0 Å².